The van der Waals surface area contributed by atoms with Crippen molar-refractivity contribution in [2.75, 3.05) is 11.8 Å². The summed E-state index contributed by atoms with van der Waals surface area (Å²) < 4.78 is 34.5. The maximum absolute atomic E-state index is 13.0. The lowest BCUT2D eigenvalue weighted by atomic mass is 10.2. The molecule has 0 bridgehead atoms. The molecule has 1 atom stereocenters. The number of rotatable bonds is 6. The molecule has 0 saturated carbocycles. The number of hydrogen-bond donors (Lipinski definition) is 2. The minimum Gasteiger partial charge on any atom is -0.479 e. The third-order valence-electron chi connectivity index (χ3n) is 3.72. The lowest BCUT2D eigenvalue weighted by Crippen LogP contribution is -2.16. The van der Waals surface area contributed by atoms with Gasteiger partial charge in [0.2, 0.25) is 10.9 Å². The zero-order valence-corrected chi connectivity index (χ0v) is 16.4. The van der Waals surface area contributed by atoms with Gasteiger partial charge in [-0.2, -0.15) is 23.8 Å². The SMILES string of the molecule is COc1nc(CC#N)ncc1NS(=O)(=O)c1nn(C(C)O)c2cc(Cl)ccc12. The summed E-state index contributed by atoms with van der Waals surface area (Å²) in [5.74, 6) is 0.159. The van der Waals surface area contributed by atoms with E-state index in [2.05, 4.69) is 19.8 Å². The van der Waals surface area contributed by atoms with Crippen LogP contribution in [0, 0.1) is 11.3 Å². The van der Waals surface area contributed by atoms with E-state index in [-0.39, 0.29) is 34.2 Å². The van der Waals surface area contributed by atoms with Gasteiger partial charge in [0, 0.05) is 10.4 Å². The van der Waals surface area contributed by atoms with E-state index in [1.165, 1.54) is 38.4 Å². The summed E-state index contributed by atoms with van der Waals surface area (Å²) in [6, 6.07) is 6.44. The second-order valence-electron chi connectivity index (χ2n) is 5.69. The van der Waals surface area contributed by atoms with Crippen LogP contribution in [0.4, 0.5) is 5.69 Å². The second-order valence-corrected chi connectivity index (χ2v) is 7.73. The molecule has 2 N–H and O–H groups in total. The molecular weight excluding hydrogens is 408 g/mol. The molecule has 2 heterocycles. The molecular formula is C16H15ClN6O4S. The van der Waals surface area contributed by atoms with E-state index in [9.17, 15) is 13.5 Å². The van der Waals surface area contributed by atoms with Crippen LogP contribution >= 0.6 is 11.6 Å². The number of anilines is 1. The number of nitrogens with one attached hydrogen (secondary N) is 1. The van der Waals surface area contributed by atoms with Crippen molar-refractivity contribution in [1.82, 2.24) is 19.7 Å². The first kappa shape index (κ1) is 19.8. The summed E-state index contributed by atoms with van der Waals surface area (Å²) in [4.78, 5) is 7.94. The first-order valence-electron chi connectivity index (χ1n) is 7.92. The van der Waals surface area contributed by atoms with Crippen LogP contribution in [0.2, 0.25) is 5.02 Å². The van der Waals surface area contributed by atoms with Crippen molar-refractivity contribution in [2.45, 2.75) is 24.6 Å². The molecule has 0 radical (unpaired) electrons. The molecule has 0 aliphatic rings. The second kappa shape index (κ2) is 7.59. The Kier molecular flexibility index (Phi) is 5.37. The standard InChI is InChI=1S/C16H15ClN6O4S/c1-9(24)23-13-7-10(17)3-4-11(13)16(21-23)28(25,26)22-12-8-19-14(5-6-18)20-15(12)27-2/h3-4,7-9,22,24H,5H2,1-2H3. The van der Waals surface area contributed by atoms with E-state index in [4.69, 9.17) is 21.6 Å². The molecule has 3 aromatic rings. The van der Waals surface area contributed by atoms with Crippen LogP contribution < -0.4 is 9.46 Å². The van der Waals surface area contributed by atoms with Gasteiger partial charge in [-0.25, -0.2) is 9.67 Å². The maximum atomic E-state index is 13.0. The smallest absolute Gasteiger partial charge is 0.282 e. The Labute approximate surface area is 165 Å². The zero-order valence-electron chi connectivity index (χ0n) is 14.8. The molecule has 12 heteroatoms. The highest BCUT2D eigenvalue weighted by Gasteiger charge is 2.26. The molecule has 3 rings (SSSR count). The first-order valence-corrected chi connectivity index (χ1v) is 9.78. The average Bonchev–Trinajstić information content (AvgIpc) is 3.02. The summed E-state index contributed by atoms with van der Waals surface area (Å²) in [6.45, 7) is 1.45. The Morgan fingerprint density at radius 2 is 2.21 bits per heavy atom. The fourth-order valence-electron chi connectivity index (χ4n) is 2.54. The number of hydrogen-bond acceptors (Lipinski definition) is 8. The van der Waals surface area contributed by atoms with Crippen molar-refractivity contribution >= 4 is 38.2 Å². The summed E-state index contributed by atoms with van der Waals surface area (Å²) >= 11 is 5.98. The number of aliphatic hydroxyl groups is 1. The van der Waals surface area contributed by atoms with Crippen molar-refractivity contribution in [1.29, 1.82) is 5.26 Å². The molecule has 28 heavy (non-hydrogen) atoms. The van der Waals surface area contributed by atoms with Gasteiger partial charge in [-0.3, -0.25) is 4.72 Å². The number of ether oxygens (including phenoxy) is 1. The largest absolute Gasteiger partial charge is 0.479 e. The molecule has 2 aromatic heterocycles. The van der Waals surface area contributed by atoms with Crippen LogP contribution in [0.1, 0.15) is 19.0 Å². The number of nitriles is 1. The highest BCUT2D eigenvalue weighted by molar-refractivity contribution is 7.92. The molecule has 1 unspecified atom stereocenters. The molecule has 0 spiro atoms. The number of aliphatic hydroxyl groups excluding tert-OH is 1. The number of halogens is 1. The highest BCUT2D eigenvalue weighted by atomic mass is 35.5. The van der Waals surface area contributed by atoms with E-state index >= 15 is 0 Å². The van der Waals surface area contributed by atoms with Crippen LogP contribution in [-0.2, 0) is 16.4 Å². The highest BCUT2D eigenvalue weighted by Crippen LogP contribution is 2.30. The predicted octanol–water partition coefficient (Wildman–Crippen LogP) is 1.87. The quantitative estimate of drug-likeness (QED) is 0.612. The Hall–Kier alpha value is -2.94. The van der Waals surface area contributed by atoms with Crippen LogP contribution in [-0.4, -0.2) is 40.4 Å². The van der Waals surface area contributed by atoms with E-state index in [0.29, 0.717) is 10.5 Å². The number of methoxy groups -OCH3 is 1. The first-order chi connectivity index (χ1) is 13.3. The number of nitrogens with zero attached hydrogens (tertiary/aromatic N) is 5. The molecule has 0 aliphatic carbocycles. The minimum absolute atomic E-state index is 0.0158. The molecule has 10 nitrogen and oxygen atoms in total. The van der Waals surface area contributed by atoms with Gasteiger partial charge in [-0.1, -0.05) is 11.6 Å². The van der Waals surface area contributed by atoms with Gasteiger partial charge in [-0.05, 0) is 25.1 Å². The van der Waals surface area contributed by atoms with Gasteiger partial charge in [0.1, 0.15) is 17.7 Å². The summed E-state index contributed by atoms with van der Waals surface area (Å²) in [5, 5.41) is 23.0. The summed E-state index contributed by atoms with van der Waals surface area (Å²) in [5.41, 5.74) is 0.341. The van der Waals surface area contributed by atoms with Crippen molar-refractivity contribution in [3.8, 4) is 11.9 Å². The molecule has 0 saturated heterocycles. The van der Waals surface area contributed by atoms with E-state index < -0.39 is 16.3 Å². The van der Waals surface area contributed by atoms with Crippen LogP contribution in [0.25, 0.3) is 10.9 Å². The Balaban J connectivity index is 2.09. The summed E-state index contributed by atoms with van der Waals surface area (Å²) in [7, 11) is -2.87. The number of fused-ring (bicyclic) bond motifs is 1. The van der Waals surface area contributed by atoms with E-state index in [0.717, 1.165) is 4.68 Å². The van der Waals surface area contributed by atoms with E-state index in [1.54, 1.807) is 0 Å². The molecule has 146 valence electrons. The predicted molar refractivity (Wildman–Crippen MR) is 100 cm³/mol. The lowest BCUT2D eigenvalue weighted by molar-refractivity contribution is 0.114. The van der Waals surface area contributed by atoms with Gasteiger partial charge < -0.3 is 9.84 Å². The van der Waals surface area contributed by atoms with Gasteiger partial charge in [0.15, 0.2) is 0 Å². The number of benzene rings is 1. The van der Waals surface area contributed by atoms with Gasteiger partial charge in [0.05, 0.1) is 31.3 Å². The minimum atomic E-state index is -4.18. The van der Waals surface area contributed by atoms with Crippen molar-refractivity contribution in [3.05, 3.63) is 35.2 Å². The average molecular weight is 423 g/mol. The molecule has 1 aromatic carbocycles. The van der Waals surface area contributed by atoms with E-state index in [1.807, 2.05) is 6.07 Å². The third kappa shape index (κ3) is 3.70. The molecule has 0 aliphatic heterocycles. The Morgan fingerprint density at radius 3 is 2.86 bits per heavy atom. The van der Waals surface area contributed by atoms with Gasteiger partial charge in [-0.15, -0.1) is 0 Å². The maximum Gasteiger partial charge on any atom is 0.282 e. The number of aromatic nitrogens is 4. The monoisotopic (exact) mass is 422 g/mol. The lowest BCUT2D eigenvalue weighted by Gasteiger charge is -2.10. The Bertz CT molecular complexity index is 1190. The fraction of sp³-hybridized carbons (Fsp3) is 0.250. The van der Waals surface area contributed by atoms with Crippen LogP contribution in [0.5, 0.6) is 5.88 Å². The summed E-state index contributed by atoms with van der Waals surface area (Å²) in [6.07, 6.45) is 0.0852. The third-order valence-corrected chi connectivity index (χ3v) is 5.26. The molecule has 0 amide bonds. The Morgan fingerprint density at radius 1 is 1.46 bits per heavy atom. The van der Waals surface area contributed by atoms with Crippen LogP contribution in [0.15, 0.2) is 29.4 Å². The van der Waals surface area contributed by atoms with Crippen molar-refractivity contribution in [3.63, 3.8) is 0 Å². The van der Waals surface area contributed by atoms with Gasteiger partial charge >= 0.3 is 0 Å². The van der Waals surface area contributed by atoms with Gasteiger partial charge in [0.25, 0.3) is 10.0 Å². The molecule has 0 fully saturated rings. The van der Waals surface area contributed by atoms with Crippen molar-refractivity contribution < 1.29 is 18.3 Å². The normalized spacial score (nSPS) is 12.5. The van der Waals surface area contributed by atoms with Crippen molar-refractivity contribution in [2.24, 2.45) is 0 Å². The number of sulfonamides is 1. The fourth-order valence-corrected chi connectivity index (χ4v) is 3.89. The topological polar surface area (TPSA) is 143 Å². The van der Waals surface area contributed by atoms with Crippen LogP contribution in [0.3, 0.4) is 0 Å². The zero-order chi connectivity index (χ0) is 20.5.